The molecule has 4 heterocycles. The van der Waals surface area contributed by atoms with Crippen LogP contribution in [0.15, 0.2) is 41.7 Å². The number of phenolic OH excluding ortho intramolecular Hbond substituents is 1. The number of nitrogens with zero attached hydrogens (tertiary/aromatic N) is 5. The minimum absolute atomic E-state index is 0.0191. The molecule has 37 heavy (non-hydrogen) atoms. The molecule has 1 aromatic carbocycles. The van der Waals surface area contributed by atoms with Gasteiger partial charge in [0.1, 0.15) is 22.6 Å². The normalized spacial score (nSPS) is 28.9. The van der Waals surface area contributed by atoms with Crippen LogP contribution in [0, 0.1) is 5.82 Å². The van der Waals surface area contributed by atoms with Crippen molar-refractivity contribution < 1.29 is 13.9 Å². The average Bonchev–Trinajstić information content (AvgIpc) is 3.67. The zero-order valence-electron chi connectivity index (χ0n) is 21.1. The standard InChI is InChI=1S/C27H30F2N6OS/c1-26-8-9-27(2,34-26)23(29)21(12-26)35(17-5-6-17)25-31-14-20(32-33-25)18-7-4-15(11-22(18)36)16-10-19(28)24(37-3)30-13-16/h4,7,10-11,13-14,17,21,23,34,36H,5-6,8-9,12H2,1-3H3/t21-,23-,26-,27+/m0/s1. The second-order valence-corrected chi connectivity index (χ2v) is 11.8. The van der Waals surface area contributed by atoms with Crippen molar-refractivity contribution in [1.29, 1.82) is 0 Å². The number of anilines is 1. The molecule has 3 fully saturated rings. The van der Waals surface area contributed by atoms with E-state index in [1.165, 1.54) is 17.8 Å². The number of nitrogens with one attached hydrogen (secondary N) is 1. The monoisotopic (exact) mass is 524 g/mol. The molecule has 6 rings (SSSR count). The van der Waals surface area contributed by atoms with Gasteiger partial charge in [-0.15, -0.1) is 22.0 Å². The summed E-state index contributed by atoms with van der Waals surface area (Å²) in [7, 11) is 0. The number of fused-ring (bicyclic) bond motifs is 2. The Morgan fingerprint density at radius 1 is 1.08 bits per heavy atom. The van der Waals surface area contributed by atoms with Gasteiger partial charge in [0.15, 0.2) is 5.82 Å². The molecule has 2 saturated heterocycles. The van der Waals surface area contributed by atoms with E-state index in [2.05, 4.69) is 32.4 Å². The maximum Gasteiger partial charge on any atom is 0.245 e. The summed E-state index contributed by atoms with van der Waals surface area (Å²) in [4.78, 5) is 10.8. The lowest BCUT2D eigenvalue weighted by Crippen LogP contribution is -2.66. The molecule has 0 spiro atoms. The summed E-state index contributed by atoms with van der Waals surface area (Å²) in [5.74, 6) is 0.00740. The van der Waals surface area contributed by atoms with Gasteiger partial charge in [0.25, 0.3) is 0 Å². The van der Waals surface area contributed by atoms with Gasteiger partial charge in [0.2, 0.25) is 5.95 Å². The maximum absolute atomic E-state index is 15.8. The van der Waals surface area contributed by atoms with Crippen LogP contribution in [0.25, 0.3) is 22.4 Å². The minimum atomic E-state index is -1.03. The molecule has 2 aromatic heterocycles. The lowest BCUT2D eigenvalue weighted by molar-refractivity contribution is 0.0828. The molecule has 3 aliphatic rings. The zero-order chi connectivity index (χ0) is 25.9. The van der Waals surface area contributed by atoms with Gasteiger partial charge < -0.3 is 15.3 Å². The Balaban J connectivity index is 1.27. The quantitative estimate of drug-likeness (QED) is 0.429. The number of pyridine rings is 1. The van der Waals surface area contributed by atoms with Gasteiger partial charge in [-0.1, -0.05) is 6.07 Å². The summed E-state index contributed by atoms with van der Waals surface area (Å²) in [5.41, 5.74) is 1.44. The van der Waals surface area contributed by atoms with E-state index < -0.39 is 17.5 Å². The first-order chi connectivity index (χ1) is 17.7. The van der Waals surface area contributed by atoms with E-state index >= 15 is 4.39 Å². The Morgan fingerprint density at radius 2 is 1.89 bits per heavy atom. The number of aromatic nitrogens is 4. The summed E-state index contributed by atoms with van der Waals surface area (Å²) in [6.45, 7) is 4.16. The van der Waals surface area contributed by atoms with Gasteiger partial charge in [-0.05, 0) is 76.0 Å². The van der Waals surface area contributed by atoms with E-state index in [-0.39, 0.29) is 23.4 Å². The highest BCUT2D eigenvalue weighted by Crippen LogP contribution is 2.47. The van der Waals surface area contributed by atoms with Crippen molar-refractivity contribution in [3.63, 3.8) is 0 Å². The molecule has 10 heteroatoms. The summed E-state index contributed by atoms with van der Waals surface area (Å²) >= 11 is 1.24. The number of aromatic hydroxyl groups is 1. The molecule has 194 valence electrons. The molecule has 0 unspecified atom stereocenters. The lowest BCUT2D eigenvalue weighted by atomic mass is 9.82. The van der Waals surface area contributed by atoms with Gasteiger partial charge in [0.05, 0.1) is 12.2 Å². The molecule has 2 N–H and O–H groups in total. The molecule has 4 atom stereocenters. The van der Waals surface area contributed by atoms with Gasteiger partial charge in [0, 0.05) is 34.4 Å². The van der Waals surface area contributed by atoms with Crippen molar-refractivity contribution in [1.82, 2.24) is 25.5 Å². The fourth-order valence-corrected chi connectivity index (χ4v) is 6.46. The van der Waals surface area contributed by atoms with Crippen LogP contribution >= 0.6 is 11.8 Å². The van der Waals surface area contributed by atoms with Crippen LogP contribution in [0.4, 0.5) is 14.7 Å². The van der Waals surface area contributed by atoms with Gasteiger partial charge in [-0.2, -0.15) is 0 Å². The summed E-state index contributed by atoms with van der Waals surface area (Å²) < 4.78 is 30.0. The number of rotatable bonds is 6. The Labute approximate surface area is 219 Å². The van der Waals surface area contributed by atoms with E-state index in [0.29, 0.717) is 39.8 Å². The summed E-state index contributed by atoms with van der Waals surface area (Å²) in [6.07, 6.45) is 8.34. The Kier molecular flexibility index (Phi) is 5.87. The van der Waals surface area contributed by atoms with Crippen molar-refractivity contribution in [2.45, 2.75) is 80.3 Å². The highest BCUT2D eigenvalue weighted by molar-refractivity contribution is 7.98. The second kappa shape index (κ2) is 8.87. The SMILES string of the molecule is CSc1ncc(-c2ccc(-c3cnc(N(C4CC4)[C@H]4C[C@]5(C)CC[C@@](C)(N5)[C@H]4F)nn3)c(O)c2)cc1F. The van der Waals surface area contributed by atoms with Gasteiger partial charge in [-0.3, -0.25) is 0 Å². The van der Waals surface area contributed by atoms with Crippen molar-refractivity contribution >= 4 is 17.7 Å². The molecule has 2 bridgehead atoms. The first kappa shape index (κ1) is 24.5. The molecule has 3 aromatic rings. The van der Waals surface area contributed by atoms with E-state index in [1.807, 2.05) is 11.8 Å². The van der Waals surface area contributed by atoms with Gasteiger partial charge >= 0.3 is 0 Å². The van der Waals surface area contributed by atoms with Crippen molar-refractivity contribution in [3.8, 4) is 28.1 Å². The molecule has 0 amide bonds. The highest BCUT2D eigenvalue weighted by Gasteiger charge is 2.58. The van der Waals surface area contributed by atoms with Crippen LogP contribution < -0.4 is 10.2 Å². The van der Waals surface area contributed by atoms with Crippen LogP contribution in [-0.4, -0.2) is 60.9 Å². The number of benzene rings is 1. The molecular formula is C27H30F2N6OS. The average molecular weight is 525 g/mol. The first-order valence-corrected chi connectivity index (χ1v) is 13.9. The number of hydrogen-bond acceptors (Lipinski definition) is 8. The highest BCUT2D eigenvalue weighted by atomic mass is 32.2. The Bertz CT molecular complexity index is 1340. The minimum Gasteiger partial charge on any atom is -0.507 e. The molecule has 7 nitrogen and oxygen atoms in total. The van der Waals surface area contributed by atoms with E-state index in [0.717, 1.165) is 25.7 Å². The summed E-state index contributed by atoms with van der Waals surface area (Å²) in [5, 5.41) is 23.4. The van der Waals surface area contributed by atoms with E-state index in [1.54, 1.807) is 36.8 Å². The predicted octanol–water partition coefficient (Wildman–Crippen LogP) is 5.15. The third kappa shape index (κ3) is 4.33. The molecule has 2 aliphatic heterocycles. The maximum atomic E-state index is 15.8. The molecule has 1 aliphatic carbocycles. The number of hydrogen-bond donors (Lipinski definition) is 2. The van der Waals surface area contributed by atoms with Crippen LogP contribution in [0.3, 0.4) is 0 Å². The number of piperidine rings is 1. The summed E-state index contributed by atoms with van der Waals surface area (Å²) in [6, 6.07) is 6.35. The van der Waals surface area contributed by atoms with Gasteiger partial charge in [-0.25, -0.2) is 18.7 Å². The first-order valence-electron chi connectivity index (χ1n) is 12.6. The molecular weight excluding hydrogens is 494 g/mol. The third-order valence-corrected chi connectivity index (χ3v) is 8.76. The van der Waals surface area contributed by atoms with E-state index in [4.69, 9.17) is 0 Å². The fourth-order valence-electron chi connectivity index (χ4n) is 6.05. The molecule has 1 saturated carbocycles. The zero-order valence-corrected chi connectivity index (χ0v) is 21.9. The number of alkyl halides is 1. The topological polar surface area (TPSA) is 87.1 Å². The third-order valence-electron chi connectivity index (χ3n) is 8.08. The Morgan fingerprint density at radius 3 is 2.54 bits per heavy atom. The largest absolute Gasteiger partial charge is 0.507 e. The van der Waals surface area contributed by atoms with Crippen molar-refractivity contribution in [2.75, 3.05) is 11.2 Å². The van der Waals surface area contributed by atoms with Crippen LogP contribution in [0.5, 0.6) is 5.75 Å². The number of halogens is 2. The Hall–Kier alpha value is -2.85. The van der Waals surface area contributed by atoms with E-state index in [9.17, 15) is 9.50 Å². The fraction of sp³-hybridized carbons (Fsp3) is 0.481. The number of phenols is 1. The van der Waals surface area contributed by atoms with Crippen LogP contribution in [0.1, 0.15) is 46.0 Å². The second-order valence-electron chi connectivity index (χ2n) is 11.0. The van der Waals surface area contributed by atoms with Crippen molar-refractivity contribution in [2.24, 2.45) is 0 Å². The number of thioether (sulfide) groups is 1. The van der Waals surface area contributed by atoms with Crippen LogP contribution in [-0.2, 0) is 0 Å². The van der Waals surface area contributed by atoms with Crippen LogP contribution in [0.2, 0.25) is 0 Å². The smallest absolute Gasteiger partial charge is 0.245 e. The van der Waals surface area contributed by atoms with Crippen molar-refractivity contribution in [3.05, 3.63) is 42.5 Å². The molecule has 0 radical (unpaired) electrons. The predicted molar refractivity (Wildman–Crippen MR) is 140 cm³/mol. The lowest BCUT2D eigenvalue weighted by Gasteiger charge is -2.48.